The first-order chi connectivity index (χ1) is 13.8. The van der Waals surface area contributed by atoms with E-state index in [0.717, 1.165) is 18.2 Å². The van der Waals surface area contributed by atoms with Crippen LogP contribution in [0.3, 0.4) is 0 Å². The number of aryl methyl sites for hydroxylation is 1. The van der Waals surface area contributed by atoms with Crippen LogP contribution >= 0.6 is 0 Å². The van der Waals surface area contributed by atoms with Crippen molar-refractivity contribution >= 4 is 21.1 Å². The summed E-state index contributed by atoms with van der Waals surface area (Å²) >= 11 is 0. The number of halogens is 6. The first-order valence-electron chi connectivity index (χ1n) is 8.59. The predicted octanol–water partition coefficient (Wildman–Crippen LogP) is 4.53. The summed E-state index contributed by atoms with van der Waals surface area (Å²) in [7, 11) is -4.78. The molecule has 0 aliphatic carbocycles. The summed E-state index contributed by atoms with van der Waals surface area (Å²) in [6, 6.07) is 2.16. The number of alkyl halides is 3. The predicted molar refractivity (Wildman–Crippen MR) is 95.5 cm³/mol. The topological polar surface area (TPSA) is 64.0 Å². The summed E-state index contributed by atoms with van der Waals surface area (Å²) in [4.78, 5) is 2.80. The highest BCUT2D eigenvalue weighted by atomic mass is 32.2. The summed E-state index contributed by atoms with van der Waals surface area (Å²) < 4.78 is 108. The maximum Gasteiger partial charge on any atom is 0.416 e. The Labute approximate surface area is 167 Å². The molecule has 0 saturated heterocycles. The van der Waals surface area contributed by atoms with E-state index >= 15 is 0 Å². The third-order valence-corrected chi connectivity index (χ3v) is 5.96. The van der Waals surface area contributed by atoms with Crippen LogP contribution in [0.1, 0.15) is 31.3 Å². The van der Waals surface area contributed by atoms with E-state index in [1.807, 2.05) is 4.72 Å². The maximum absolute atomic E-state index is 13.9. The second-order valence-electron chi connectivity index (χ2n) is 6.46. The van der Waals surface area contributed by atoms with Gasteiger partial charge in [-0.25, -0.2) is 31.3 Å². The van der Waals surface area contributed by atoms with E-state index in [0.29, 0.717) is 0 Å². The van der Waals surface area contributed by atoms with Gasteiger partial charge in [-0.2, -0.15) is 13.2 Å². The molecule has 0 spiro atoms. The molecule has 1 unspecified atom stereocenters. The molecule has 1 N–H and O–H groups in total. The lowest BCUT2D eigenvalue weighted by Gasteiger charge is -2.16. The zero-order chi connectivity index (χ0) is 22.4. The fourth-order valence-corrected chi connectivity index (χ4v) is 4.43. The smallest absolute Gasteiger partial charge is 0.327 e. The number of hydrogen-bond donors (Lipinski definition) is 1. The number of hydrogen-bond acceptors (Lipinski definition) is 3. The molecule has 0 amide bonds. The quantitative estimate of drug-likeness (QED) is 0.580. The van der Waals surface area contributed by atoms with E-state index in [1.165, 1.54) is 11.5 Å². The van der Waals surface area contributed by atoms with Gasteiger partial charge in [0.1, 0.15) is 23.3 Å². The molecule has 0 aliphatic heterocycles. The highest BCUT2D eigenvalue weighted by molar-refractivity contribution is 7.89. The number of benzene rings is 2. The highest BCUT2D eigenvalue weighted by Crippen LogP contribution is 2.32. The van der Waals surface area contributed by atoms with Crippen molar-refractivity contribution in [3.05, 3.63) is 59.2 Å². The molecule has 1 heterocycles. The third-order valence-electron chi connectivity index (χ3n) is 4.37. The van der Waals surface area contributed by atoms with Crippen LogP contribution in [0.2, 0.25) is 0 Å². The lowest BCUT2D eigenvalue weighted by Crippen LogP contribution is -2.30. The maximum atomic E-state index is 13.9. The summed E-state index contributed by atoms with van der Waals surface area (Å²) in [5.74, 6) is -4.49. The van der Waals surface area contributed by atoms with Crippen molar-refractivity contribution in [1.82, 2.24) is 14.3 Å². The molecule has 1 atom stereocenters. The van der Waals surface area contributed by atoms with Gasteiger partial charge in [0.2, 0.25) is 10.0 Å². The molecule has 3 aromatic rings. The van der Waals surface area contributed by atoms with Crippen molar-refractivity contribution in [2.45, 2.75) is 37.5 Å². The van der Waals surface area contributed by atoms with Crippen LogP contribution in [-0.2, 0) is 22.7 Å². The molecule has 2 aromatic carbocycles. The van der Waals surface area contributed by atoms with Crippen LogP contribution in [0.5, 0.6) is 0 Å². The Balaban J connectivity index is 2.04. The minimum Gasteiger partial charge on any atom is -0.327 e. The first-order valence-corrected chi connectivity index (χ1v) is 10.1. The summed E-state index contributed by atoms with van der Waals surface area (Å²) in [6.07, 6.45) is -4.58. The zero-order valence-corrected chi connectivity index (χ0v) is 16.4. The molecule has 12 heteroatoms. The van der Waals surface area contributed by atoms with Gasteiger partial charge in [0, 0.05) is 18.7 Å². The average molecular weight is 451 g/mol. The monoisotopic (exact) mass is 451 g/mol. The number of imidazole rings is 1. The van der Waals surface area contributed by atoms with Gasteiger partial charge >= 0.3 is 6.18 Å². The Morgan fingerprint density at radius 1 is 1.10 bits per heavy atom. The van der Waals surface area contributed by atoms with Crippen molar-refractivity contribution in [3.8, 4) is 0 Å². The van der Waals surface area contributed by atoms with E-state index < -0.39 is 50.2 Å². The lowest BCUT2D eigenvalue weighted by atomic mass is 10.2. The minimum absolute atomic E-state index is 0.0401. The van der Waals surface area contributed by atoms with Crippen LogP contribution < -0.4 is 4.72 Å². The SMILES string of the molecule is CCn1c(C(C)NS(=O)(=O)c2c(F)cc(F)cc2F)nc2ccc(C(F)(F)F)cc21. The van der Waals surface area contributed by atoms with Crippen molar-refractivity contribution in [2.75, 3.05) is 0 Å². The number of nitrogens with zero attached hydrogens (tertiary/aromatic N) is 2. The van der Waals surface area contributed by atoms with Gasteiger partial charge in [-0.15, -0.1) is 0 Å². The van der Waals surface area contributed by atoms with Crippen LogP contribution in [-0.4, -0.2) is 18.0 Å². The molecular weight excluding hydrogens is 436 g/mol. The van der Waals surface area contributed by atoms with E-state index in [4.69, 9.17) is 0 Å². The van der Waals surface area contributed by atoms with Crippen LogP contribution in [0, 0.1) is 17.5 Å². The summed E-state index contributed by atoms with van der Waals surface area (Å²) in [5.41, 5.74) is -0.600. The number of nitrogens with one attached hydrogen (secondary N) is 1. The summed E-state index contributed by atoms with van der Waals surface area (Å²) in [5, 5.41) is 0. The lowest BCUT2D eigenvalue weighted by molar-refractivity contribution is -0.137. The molecule has 0 radical (unpaired) electrons. The molecule has 0 saturated carbocycles. The zero-order valence-electron chi connectivity index (χ0n) is 15.6. The number of rotatable bonds is 5. The molecule has 30 heavy (non-hydrogen) atoms. The second-order valence-corrected chi connectivity index (χ2v) is 8.11. The van der Waals surface area contributed by atoms with Gasteiger partial charge in [0.25, 0.3) is 0 Å². The van der Waals surface area contributed by atoms with Crippen molar-refractivity contribution in [2.24, 2.45) is 0 Å². The van der Waals surface area contributed by atoms with E-state index in [2.05, 4.69) is 4.98 Å². The van der Waals surface area contributed by atoms with Gasteiger partial charge in [0.05, 0.1) is 22.6 Å². The van der Waals surface area contributed by atoms with Gasteiger partial charge in [-0.1, -0.05) is 0 Å². The number of aromatic nitrogens is 2. The van der Waals surface area contributed by atoms with E-state index in [9.17, 15) is 34.8 Å². The van der Waals surface area contributed by atoms with Crippen molar-refractivity contribution < 1.29 is 34.8 Å². The van der Waals surface area contributed by atoms with Gasteiger partial charge in [-0.3, -0.25) is 0 Å². The van der Waals surface area contributed by atoms with Gasteiger partial charge < -0.3 is 4.57 Å². The largest absolute Gasteiger partial charge is 0.416 e. The van der Waals surface area contributed by atoms with E-state index in [-0.39, 0.29) is 35.5 Å². The Morgan fingerprint density at radius 2 is 1.70 bits per heavy atom. The highest BCUT2D eigenvalue weighted by Gasteiger charge is 2.32. The molecule has 0 fully saturated rings. The molecular formula is C18H15F6N3O2S. The second kappa shape index (κ2) is 7.58. The normalized spacial score (nSPS) is 13.7. The fourth-order valence-electron chi connectivity index (χ4n) is 3.11. The van der Waals surface area contributed by atoms with Gasteiger partial charge in [0.15, 0.2) is 4.90 Å². The Kier molecular flexibility index (Phi) is 5.58. The Bertz CT molecular complexity index is 1200. The van der Waals surface area contributed by atoms with Crippen molar-refractivity contribution in [3.63, 3.8) is 0 Å². The molecule has 162 valence electrons. The summed E-state index contributed by atoms with van der Waals surface area (Å²) in [6.45, 7) is 3.08. The molecule has 5 nitrogen and oxygen atoms in total. The molecule has 0 bridgehead atoms. The van der Waals surface area contributed by atoms with Crippen LogP contribution in [0.4, 0.5) is 26.3 Å². The molecule has 0 aliphatic rings. The van der Waals surface area contributed by atoms with E-state index in [1.54, 1.807) is 6.92 Å². The number of sulfonamides is 1. The first kappa shape index (κ1) is 22.1. The Hall–Kier alpha value is -2.60. The minimum atomic E-state index is -4.78. The molecule has 3 rings (SSSR count). The fraction of sp³-hybridized carbons (Fsp3) is 0.278. The standard InChI is InChI=1S/C18H15F6N3O2S/c1-3-27-15-6-10(18(22,23)24)4-5-14(15)25-17(27)9(2)26-30(28,29)16-12(20)7-11(19)8-13(16)21/h4-9,26H,3H2,1-2H3. The average Bonchev–Trinajstić information content (AvgIpc) is 2.97. The van der Waals surface area contributed by atoms with Gasteiger partial charge in [-0.05, 0) is 32.0 Å². The van der Waals surface area contributed by atoms with Crippen molar-refractivity contribution in [1.29, 1.82) is 0 Å². The van der Waals surface area contributed by atoms with Crippen LogP contribution in [0.25, 0.3) is 11.0 Å². The Morgan fingerprint density at radius 3 is 2.23 bits per heavy atom. The molecule has 1 aromatic heterocycles. The van der Waals surface area contributed by atoms with Crippen LogP contribution in [0.15, 0.2) is 35.2 Å². The number of fused-ring (bicyclic) bond motifs is 1. The third kappa shape index (κ3) is 4.01.